The molecule has 0 bridgehead atoms. The highest BCUT2D eigenvalue weighted by molar-refractivity contribution is 7.89. The highest BCUT2D eigenvalue weighted by Crippen LogP contribution is 2.25. The van der Waals surface area contributed by atoms with Gasteiger partial charge in [0, 0.05) is 6.54 Å². The van der Waals surface area contributed by atoms with Crippen molar-refractivity contribution in [3.05, 3.63) is 28.2 Å². The molecule has 2 N–H and O–H groups in total. The first-order valence-corrected chi connectivity index (χ1v) is 8.15. The van der Waals surface area contributed by atoms with Crippen LogP contribution < -0.4 is 4.72 Å². The van der Waals surface area contributed by atoms with Crippen molar-refractivity contribution < 1.29 is 13.5 Å². The van der Waals surface area contributed by atoms with Crippen molar-refractivity contribution in [2.45, 2.75) is 37.2 Å². The van der Waals surface area contributed by atoms with Gasteiger partial charge in [-0.1, -0.05) is 37.0 Å². The molecule has 0 aliphatic rings. The Morgan fingerprint density at radius 2 is 1.79 bits per heavy atom. The molecule has 0 radical (unpaired) electrons. The van der Waals surface area contributed by atoms with E-state index < -0.39 is 15.6 Å². The van der Waals surface area contributed by atoms with Gasteiger partial charge in [0.05, 0.1) is 20.5 Å². The average Bonchev–Trinajstić information content (AvgIpc) is 2.39. The maximum atomic E-state index is 12.1. The van der Waals surface area contributed by atoms with Gasteiger partial charge < -0.3 is 5.11 Å². The molecule has 4 nitrogen and oxygen atoms in total. The predicted octanol–water partition coefficient (Wildman–Crippen LogP) is 2.82. The van der Waals surface area contributed by atoms with Gasteiger partial charge in [0.2, 0.25) is 10.0 Å². The van der Waals surface area contributed by atoms with Crippen LogP contribution in [0.2, 0.25) is 10.0 Å². The fourth-order valence-corrected chi connectivity index (χ4v) is 2.97. The second kappa shape index (κ2) is 6.41. The Hall–Kier alpha value is -0.330. The number of rotatable bonds is 6. The molecule has 108 valence electrons. The van der Waals surface area contributed by atoms with Crippen LogP contribution in [-0.4, -0.2) is 25.7 Å². The predicted molar refractivity (Wildman–Crippen MR) is 77.2 cm³/mol. The summed E-state index contributed by atoms with van der Waals surface area (Å²) in [5.41, 5.74) is -1.04. The number of halogens is 2. The molecule has 1 aromatic rings. The SMILES string of the molecule is CCC(O)(CC)CNS(=O)(=O)c1ccc(Cl)c(Cl)c1. The largest absolute Gasteiger partial charge is 0.389 e. The third-order valence-electron chi connectivity index (χ3n) is 3.11. The van der Waals surface area contributed by atoms with Crippen LogP contribution in [-0.2, 0) is 10.0 Å². The van der Waals surface area contributed by atoms with Crippen molar-refractivity contribution in [3.8, 4) is 0 Å². The zero-order chi connectivity index (χ0) is 14.7. The lowest BCUT2D eigenvalue weighted by atomic mass is 9.98. The lowest BCUT2D eigenvalue weighted by Gasteiger charge is -2.25. The number of hydrogen-bond donors (Lipinski definition) is 2. The minimum atomic E-state index is -3.71. The second-order valence-corrected chi connectivity index (χ2v) is 6.91. The Morgan fingerprint density at radius 1 is 1.21 bits per heavy atom. The maximum absolute atomic E-state index is 12.1. The molecule has 0 aliphatic carbocycles. The van der Waals surface area contributed by atoms with Crippen molar-refractivity contribution >= 4 is 33.2 Å². The van der Waals surface area contributed by atoms with E-state index in [2.05, 4.69) is 4.72 Å². The molecule has 7 heteroatoms. The highest BCUT2D eigenvalue weighted by atomic mass is 35.5. The summed E-state index contributed by atoms with van der Waals surface area (Å²) in [6.45, 7) is 3.57. The molecule has 1 rings (SSSR count). The van der Waals surface area contributed by atoms with E-state index in [4.69, 9.17) is 23.2 Å². The van der Waals surface area contributed by atoms with Crippen LogP contribution in [0, 0.1) is 0 Å². The molecule has 0 aliphatic heterocycles. The number of benzene rings is 1. The summed E-state index contributed by atoms with van der Waals surface area (Å²) in [5.74, 6) is 0. The van der Waals surface area contributed by atoms with Gasteiger partial charge in [-0.15, -0.1) is 0 Å². The van der Waals surface area contributed by atoms with E-state index in [1.807, 2.05) is 0 Å². The minimum absolute atomic E-state index is 0.0245. The van der Waals surface area contributed by atoms with Gasteiger partial charge in [-0.2, -0.15) is 0 Å². The summed E-state index contributed by atoms with van der Waals surface area (Å²) in [6.07, 6.45) is 0.931. The number of sulfonamides is 1. The van der Waals surface area contributed by atoms with Crippen molar-refractivity contribution in [2.24, 2.45) is 0 Å². The third-order valence-corrected chi connectivity index (χ3v) is 5.25. The highest BCUT2D eigenvalue weighted by Gasteiger charge is 2.25. The zero-order valence-electron chi connectivity index (χ0n) is 10.8. The first kappa shape index (κ1) is 16.7. The number of aliphatic hydroxyl groups is 1. The summed E-state index contributed by atoms with van der Waals surface area (Å²) in [5, 5.41) is 10.5. The van der Waals surface area contributed by atoms with Crippen LogP contribution in [0.15, 0.2) is 23.1 Å². The van der Waals surface area contributed by atoms with Gasteiger partial charge >= 0.3 is 0 Å². The average molecular weight is 326 g/mol. The molecule has 0 spiro atoms. The lowest BCUT2D eigenvalue weighted by Crippen LogP contribution is -2.41. The molecule has 0 aromatic heterocycles. The first-order chi connectivity index (χ1) is 8.74. The minimum Gasteiger partial charge on any atom is -0.389 e. The molecular weight excluding hydrogens is 309 g/mol. The Bertz CT molecular complexity index is 542. The van der Waals surface area contributed by atoms with Gasteiger partial charge in [-0.05, 0) is 31.0 Å². The summed E-state index contributed by atoms with van der Waals surface area (Å²) < 4.78 is 26.5. The van der Waals surface area contributed by atoms with Crippen molar-refractivity contribution in [1.82, 2.24) is 4.72 Å². The molecule has 0 saturated carbocycles. The zero-order valence-corrected chi connectivity index (χ0v) is 13.1. The van der Waals surface area contributed by atoms with E-state index in [9.17, 15) is 13.5 Å². The van der Waals surface area contributed by atoms with Crippen LogP contribution in [0.1, 0.15) is 26.7 Å². The quantitative estimate of drug-likeness (QED) is 0.845. The van der Waals surface area contributed by atoms with E-state index >= 15 is 0 Å². The van der Waals surface area contributed by atoms with Gasteiger partial charge in [0.15, 0.2) is 0 Å². The molecule has 0 fully saturated rings. The normalized spacial score (nSPS) is 12.7. The topological polar surface area (TPSA) is 66.4 Å². The van der Waals surface area contributed by atoms with Crippen LogP contribution in [0.25, 0.3) is 0 Å². The van der Waals surface area contributed by atoms with Gasteiger partial charge in [-0.25, -0.2) is 13.1 Å². The third kappa shape index (κ3) is 4.33. The van der Waals surface area contributed by atoms with Gasteiger partial charge in [0.25, 0.3) is 0 Å². The number of hydrogen-bond acceptors (Lipinski definition) is 3. The second-order valence-electron chi connectivity index (χ2n) is 4.33. The van der Waals surface area contributed by atoms with E-state index in [0.717, 1.165) is 0 Å². The van der Waals surface area contributed by atoms with Gasteiger partial charge in [0.1, 0.15) is 0 Å². The van der Waals surface area contributed by atoms with E-state index in [0.29, 0.717) is 17.9 Å². The Kier molecular flexibility index (Phi) is 5.65. The maximum Gasteiger partial charge on any atom is 0.240 e. The summed E-state index contributed by atoms with van der Waals surface area (Å²) in [6, 6.07) is 4.07. The van der Waals surface area contributed by atoms with Crippen LogP contribution >= 0.6 is 23.2 Å². The number of nitrogens with one attached hydrogen (secondary N) is 1. The molecule has 0 heterocycles. The van der Waals surface area contributed by atoms with E-state index in [1.54, 1.807) is 13.8 Å². The van der Waals surface area contributed by atoms with Crippen LogP contribution in [0.3, 0.4) is 0 Å². The molecule has 19 heavy (non-hydrogen) atoms. The molecule has 1 aromatic carbocycles. The molecule has 0 saturated heterocycles. The van der Waals surface area contributed by atoms with Crippen LogP contribution in [0.5, 0.6) is 0 Å². The van der Waals surface area contributed by atoms with Crippen molar-refractivity contribution in [2.75, 3.05) is 6.54 Å². The fourth-order valence-electron chi connectivity index (χ4n) is 1.46. The van der Waals surface area contributed by atoms with Crippen molar-refractivity contribution in [3.63, 3.8) is 0 Å². The Morgan fingerprint density at radius 3 is 2.26 bits per heavy atom. The van der Waals surface area contributed by atoms with Crippen LogP contribution in [0.4, 0.5) is 0 Å². The van der Waals surface area contributed by atoms with E-state index in [1.165, 1.54) is 18.2 Å². The smallest absolute Gasteiger partial charge is 0.240 e. The summed E-state index contributed by atoms with van der Waals surface area (Å²) in [4.78, 5) is 0.0245. The van der Waals surface area contributed by atoms with E-state index in [-0.39, 0.29) is 16.5 Å². The first-order valence-electron chi connectivity index (χ1n) is 5.91. The summed E-state index contributed by atoms with van der Waals surface area (Å²) in [7, 11) is -3.71. The molecule has 0 atom stereocenters. The Balaban J connectivity index is 2.90. The molecule has 0 unspecified atom stereocenters. The summed E-state index contributed by atoms with van der Waals surface area (Å²) >= 11 is 11.5. The van der Waals surface area contributed by atoms with Gasteiger partial charge in [-0.3, -0.25) is 0 Å². The standard InChI is InChI=1S/C12H17Cl2NO3S/c1-3-12(16,4-2)8-15-19(17,18)9-5-6-10(13)11(14)7-9/h5-7,15-16H,3-4,8H2,1-2H3. The molecule has 0 amide bonds. The molecular formula is C12H17Cl2NO3S. The Labute approximate surface area is 123 Å². The van der Waals surface area contributed by atoms with Crippen molar-refractivity contribution in [1.29, 1.82) is 0 Å². The monoisotopic (exact) mass is 325 g/mol. The fraction of sp³-hybridized carbons (Fsp3) is 0.500. The lowest BCUT2D eigenvalue weighted by molar-refractivity contribution is 0.0377.